The van der Waals surface area contributed by atoms with Gasteiger partial charge in [0.1, 0.15) is 0 Å². The molecule has 1 aromatic heterocycles. The zero-order valence-electron chi connectivity index (χ0n) is 18.8. The Morgan fingerprint density at radius 3 is 2.61 bits per heavy atom. The summed E-state index contributed by atoms with van der Waals surface area (Å²) in [6.07, 6.45) is 2.10. The third-order valence-corrected chi connectivity index (χ3v) is 7.76. The molecule has 6 heteroatoms. The summed E-state index contributed by atoms with van der Waals surface area (Å²) < 4.78 is 0. The van der Waals surface area contributed by atoms with E-state index in [-0.39, 0.29) is 23.9 Å². The summed E-state index contributed by atoms with van der Waals surface area (Å²) in [4.78, 5) is 32.9. The first-order valence-electron chi connectivity index (χ1n) is 11.4. The maximum Gasteiger partial charge on any atom is 0.223 e. The number of thiophene rings is 1. The lowest BCUT2D eigenvalue weighted by Crippen LogP contribution is -2.55. The van der Waals surface area contributed by atoms with Crippen molar-refractivity contribution in [2.45, 2.75) is 52.1 Å². The van der Waals surface area contributed by atoms with Crippen LogP contribution in [0.15, 0.2) is 35.7 Å². The van der Waals surface area contributed by atoms with Crippen molar-refractivity contribution in [2.24, 2.45) is 0 Å². The van der Waals surface area contributed by atoms with Crippen molar-refractivity contribution in [1.29, 1.82) is 0 Å². The monoisotopic (exact) mass is 439 g/mol. The molecule has 2 atom stereocenters. The molecule has 0 radical (unpaired) electrons. The molecule has 1 aromatic carbocycles. The van der Waals surface area contributed by atoms with E-state index in [1.807, 2.05) is 35.0 Å². The van der Waals surface area contributed by atoms with E-state index in [0.717, 1.165) is 19.5 Å². The Kier molecular flexibility index (Phi) is 6.77. The van der Waals surface area contributed by atoms with Gasteiger partial charge in [-0.25, -0.2) is 0 Å². The van der Waals surface area contributed by atoms with E-state index in [1.165, 1.54) is 21.6 Å². The molecule has 0 bridgehead atoms. The fourth-order valence-corrected chi connectivity index (χ4v) is 5.93. The molecule has 0 spiro atoms. The van der Waals surface area contributed by atoms with Gasteiger partial charge in [0, 0.05) is 56.5 Å². The number of piperazine rings is 1. The predicted molar refractivity (Wildman–Crippen MR) is 125 cm³/mol. The smallest absolute Gasteiger partial charge is 0.223 e. The maximum absolute atomic E-state index is 13.0. The molecule has 31 heavy (non-hydrogen) atoms. The molecule has 0 N–H and O–H groups in total. The van der Waals surface area contributed by atoms with Crippen LogP contribution in [0.1, 0.15) is 54.3 Å². The molecule has 0 aliphatic carbocycles. The third-order valence-electron chi connectivity index (χ3n) is 6.76. The number of fused-ring (bicyclic) bond motifs is 1. The summed E-state index contributed by atoms with van der Waals surface area (Å²) in [7, 11) is 0. The minimum absolute atomic E-state index is 0.0909. The molecular formula is C25H33N3O2S. The average Bonchev–Trinajstić information content (AvgIpc) is 3.26. The molecule has 166 valence electrons. The standard InChI is InChI=1S/C25H33N3O2S/c1-4-23(29)28-15-14-27(17-19(28)3)24(30)10-13-26-12-9-22-21(11-16-31-22)25(26)20-8-6-5-7-18(20)2/h5-8,11,16,19,25H,4,9-10,12-15,17H2,1-3H3/t19-,25+/m1/s1. The summed E-state index contributed by atoms with van der Waals surface area (Å²) in [6, 6.07) is 11.2. The molecule has 3 heterocycles. The van der Waals surface area contributed by atoms with Crippen LogP contribution >= 0.6 is 11.3 Å². The van der Waals surface area contributed by atoms with Crippen LogP contribution in [-0.4, -0.2) is 65.3 Å². The van der Waals surface area contributed by atoms with E-state index in [2.05, 4.69) is 47.5 Å². The first-order chi connectivity index (χ1) is 15.0. The second kappa shape index (κ2) is 9.53. The van der Waals surface area contributed by atoms with Crippen molar-refractivity contribution in [3.8, 4) is 0 Å². The Morgan fingerprint density at radius 2 is 1.87 bits per heavy atom. The SMILES string of the molecule is CCC(=O)N1CCN(C(=O)CCN2CCc3sccc3[C@@H]2c2ccccc2C)C[C@H]1C. The molecule has 2 aliphatic rings. The molecule has 2 aromatic rings. The van der Waals surface area contributed by atoms with Crippen LogP contribution in [0.3, 0.4) is 0 Å². The quantitative estimate of drug-likeness (QED) is 0.711. The molecule has 0 saturated carbocycles. The zero-order valence-corrected chi connectivity index (χ0v) is 19.7. The van der Waals surface area contributed by atoms with Crippen LogP contribution in [0.25, 0.3) is 0 Å². The van der Waals surface area contributed by atoms with Gasteiger partial charge in [-0.15, -0.1) is 11.3 Å². The van der Waals surface area contributed by atoms with Crippen LogP contribution < -0.4 is 0 Å². The summed E-state index contributed by atoms with van der Waals surface area (Å²) >= 11 is 1.85. The van der Waals surface area contributed by atoms with E-state index in [0.29, 0.717) is 32.5 Å². The van der Waals surface area contributed by atoms with E-state index >= 15 is 0 Å². The number of carbonyl (C=O) groups is 2. The van der Waals surface area contributed by atoms with Gasteiger partial charge in [-0.05, 0) is 48.4 Å². The normalized spacial score (nSPS) is 21.8. The van der Waals surface area contributed by atoms with E-state index in [9.17, 15) is 9.59 Å². The van der Waals surface area contributed by atoms with Crippen molar-refractivity contribution in [3.63, 3.8) is 0 Å². The van der Waals surface area contributed by atoms with Crippen LogP contribution in [0, 0.1) is 6.92 Å². The Labute approximate surface area is 189 Å². The number of carbonyl (C=O) groups excluding carboxylic acids is 2. The third kappa shape index (κ3) is 4.55. The molecule has 4 rings (SSSR count). The number of nitrogens with zero attached hydrogens (tertiary/aromatic N) is 3. The largest absolute Gasteiger partial charge is 0.339 e. The average molecular weight is 440 g/mol. The molecule has 2 amide bonds. The first kappa shape index (κ1) is 22.0. The molecule has 2 aliphatic heterocycles. The van der Waals surface area contributed by atoms with E-state index in [4.69, 9.17) is 0 Å². The highest BCUT2D eigenvalue weighted by Gasteiger charge is 2.32. The lowest BCUT2D eigenvalue weighted by molar-refractivity contribution is -0.142. The van der Waals surface area contributed by atoms with Crippen LogP contribution in [-0.2, 0) is 16.0 Å². The van der Waals surface area contributed by atoms with Crippen LogP contribution in [0.4, 0.5) is 0 Å². The predicted octanol–water partition coefficient (Wildman–Crippen LogP) is 3.86. The zero-order chi connectivity index (χ0) is 22.0. The molecule has 1 saturated heterocycles. The van der Waals surface area contributed by atoms with Gasteiger partial charge in [0.2, 0.25) is 11.8 Å². The number of amides is 2. The van der Waals surface area contributed by atoms with Gasteiger partial charge >= 0.3 is 0 Å². The second-order valence-corrected chi connectivity index (χ2v) is 9.72. The van der Waals surface area contributed by atoms with Crippen molar-refractivity contribution < 1.29 is 9.59 Å². The fraction of sp³-hybridized carbons (Fsp3) is 0.520. The second-order valence-electron chi connectivity index (χ2n) is 8.72. The topological polar surface area (TPSA) is 43.9 Å². The fourth-order valence-electron chi connectivity index (χ4n) is 5.02. The minimum atomic E-state index is 0.0909. The van der Waals surface area contributed by atoms with E-state index in [1.54, 1.807) is 0 Å². The minimum Gasteiger partial charge on any atom is -0.339 e. The highest BCUT2D eigenvalue weighted by Crippen LogP contribution is 2.38. The molecular weight excluding hydrogens is 406 g/mol. The molecule has 5 nitrogen and oxygen atoms in total. The molecule has 1 fully saturated rings. The van der Waals surface area contributed by atoms with Gasteiger partial charge in [-0.1, -0.05) is 31.2 Å². The Hall–Kier alpha value is -2.18. The summed E-state index contributed by atoms with van der Waals surface area (Å²) in [5.41, 5.74) is 4.04. The van der Waals surface area contributed by atoms with E-state index < -0.39 is 0 Å². The summed E-state index contributed by atoms with van der Waals surface area (Å²) in [5.74, 6) is 0.385. The number of hydrogen-bond acceptors (Lipinski definition) is 4. The van der Waals surface area contributed by atoms with Crippen molar-refractivity contribution in [2.75, 3.05) is 32.7 Å². The van der Waals surface area contributed by atoms with Crippen LogP contribution in [0.5, 0.6) is 0 Å². The summed E-state index contributed by atoms with van der Waals surface area (Å²) in [5, 5.41) is 2.20. The highest BCUT2D eigenvalue weighted by atomic mass is 32.1. The van der Waals surface area contributed by atoms with Crippen molar-refractivity contribution in [1.82, 2.24) is 14.7 Å². The lowest BCUT2D eigenvalue weighted by Gasteiger charge is -2.41. The molecule has 0 unspecified atom stereocenters. The first-order valence-corrected chi connectivity index (χ1v) is 12.3. The lowest BCUT2D eigenvalue weighted by atomic mass is 9.90. The number of aryl methyl sites for hydroxylation is 1. The van der Waals surface area contributed by atoms with Gasteiger partial charge in [0.25, 0.3) is 0 Å². The number of benzene rings is 1. The Balaban J connectivity index is 1.43. The number of rotatable bonds is 5. The maximum atomic E-state index is 13.0. The Bertz CT molecular complexity index is 940. The summed E-state index contributed by atoms with van der Waals surface area (Å²) in [6.45, 7) is 9.79. The van der Waals surface area contributed by atoms with Gasteiger partial charge in [0.05, 0.1) is 6.04 Å². The highest BCUT2D eigenvalue weighted by molar-refractivity contribution is 7.10. The van der Waals surface area contributed by atoms with Crippen LogP contribution in [0.2, 0.25) is 0 Å². The van der Waals surface area contributed by atoms with Gasteiger partial charge < -0.3 is 9.80 Å². The van der Waals surface area contributed by atoms with Crippen molar-refractivity contribution >= 4 is 23.2 Å². The Morgan fingerprint density at radius 1 is 1.06 bits per heavy atom. The van der Waals surface area contributed by atoms with Gasteiger partial charge in [-0.2, -0.15) is 0 Å². The van der Waals surface area contributed by atoms with Crippen molar-refractivity contribution in [3.05, 3.63) is 57.3 Å². The number of hydrogen-bond donors (Lipinski definition) is 0. The van der Waals surface area contributed by atoms with Gasteiger partial charge in [-0.3, -0.25) is 14.5 Å². The van der Waals surface area contributed by atoms with Gasteiger partial charge in [0.15, 0.2) is 0 Å².